The van der Waals surface area contributed by atoms with Crippen LogP contribution in [0.5, 0.6) is 5.75 Å². The lowest BCUT2D eigenvalue weighted by atomic mass is 10.1. The van der Waals surface area contributed by atoms with Gasteiger partial charge < -0.3 is 9.84 Å². The van der Waals surface area contributed by atoms with Crippen molar-refractivity contribution in [2.45, 2.75) is 33.0 Å². The molecule has 0 fully saturated rings. The molecule has 2 rings (SSSR count). The first kappa shape index (κ1) is 13.6. The summed E-state index contributed by atoms with van der Waals surface area (Å²) in [6, 6.07) is 16.1. The molecule has 0 amide bonds. The second-order valence-corrected chi connectivity index (χ2v) is 4.66. The smallest absolute Gasteiger partial charge is 0.119 e. The van der Waals surface area contributed by atoms with Gasteiger partial charge in [0.15, 0.2) is 0 Å². The minimum absolute atomic E-state index is 0.0686. The van der Waals surface area contributed by atoms with Crippen molar-refractivity contribution in [2.24, 2.45) is 0 Å². The first-order valence-corrected chi connectivity index (χ1v) is 6.72. The SMILES string of the molecule is CCCc1ccc(COc2ccc(CO)cc2)cc1. The number of hydrogen-bond acceptors (Lipinski definition) is 2. The van der Waals surface area contributed by atoms with E-state index in [4.69, 9.17) is 9.84 Å². The van der Waals surface area contributed by atoms with Crippen LogP contribution in [0.2, 0.25) is 0 Å². The largest absolute Gasteiger partial charge is 0.489 e. The molecule has 0 spiro atoms. The summed E-state index contributed by atoms with van der Waals surface area (Å²) in [5.41, 5.74) is 3.45. The number of aliphatic hydroxyl groups excluding tert-OH is 1. The van der Waals surface area contributed by atoms with E-state index < -0.39 is 0 Å². The van der Waals surface area contributed by atoms with Gasteiger partial charge in [0.1, 0.15) is 12.4 Å². The lowest BCUT2D eigenvalue weighted by Crippen LogP contribution is -1.96. The van der Waals surface area contributed by atoms with Gasteiger partial charge in [0.25, 0.3) is 0 Å². The maximum atomic E-state index is 8.97. The van der Waals surface area contributed by atoms with Crippen LogP contribution in [-0.4, -0.2) is 5.11 Å². The summed E-state index contributed by atoms with van der Waals surface area (Å²) in [5, 5.41) is 8.97. The Morgan fingerprint density at radius 2 is 1.42 bits per heavy atom. The number of hydrogen-bond donors (Lipinski definition) is 1. The highest BCUT2D eigenvalue weighted by Gasteiger charge is 1.97. The normalized spacial score (nSPS) is 10.4. The number of benzene rings is 2. The predicted octanol–water partition coefficient (Wildman–Crippen LogP) is 3.71. The zero-order chi connectivity index (χ0) is 13.5. The lowest BCUT2D eigenvalue weighted by molar-refractivity contribution is 0.280. The van der Waals surface area contributed by atoms with E-state index in [1.54, 1.807) is 0 Å². The van der Waals surface area contributed by atoms with Gasteiger partial charge in [-0.1, -0.05) is 49.7 Å². The summed E-state index contributed by atoms with van der Waals surface area (Å²) in [6.45, 7) is 2.83. The Labute approximate surface area is 114 Å². The van der Waals surface area contributed by atoms with Gasteiger partial charge in [-0.15, -0.1) is 0 Å². The molecule has 0 radical (unpaired) electrons. The van der Waals surface area contributed by atoms with Gasteiger partial charge in [-0.2, -0.15) is 0 Å². The van der Waals surface area contributed by atoms with Gasteiger partial charge in [-0.3, -0.25) is 0 Å². The molecule has 19 heavy (non-hydrogen) atoms. The fourth-order valence-electron chi connectivity index (χ4n) is 1.95. The van der Waals surface area contributed by atoms with E-state index in [2.05, 4.69) is 31.2 Å². The second kappa shape index (κ2) is 6.95. The molecule has 0 aliphatic heterocycles. The lowest BCUT2D eigenvalue weighted by Gasteiger charge is -2.07. The monoisotopic (exact) mass is 256 g/mol. The van der Waals surface area contributed by atoms with E-state index in [0.29, 0.717) is 6.61 Å². The van der Waals surface area contributed by atoms with Gasteiger partial charge in [0.05, 0.1) is 6.61 Å². The van der Waals surface area contributed by atoms with E-state index in [1.165, 1.54) is 17.5 Å². The van der Waals surface area contributed by atoms with Crippen molar-refractivity contribution >= 4 is 0 Å². The summed E-state index contributed by atoms with van der Waals surface area (Å²) in [7, 11) is 0. The quantitative estimate of drug-likeness (QED) is 0.853. The van der Waals surface area contributed by atoms with Crippen molar-refractivity contribution in [3.8, 4) is 5.75 Å². The maximum absolute atomic E-state index is 8.97. The Hall–Kier alpha value is -1.80. The number of rotatable bonds is 6. The third kappa shape index (κ3) is 4.11. The standard InChI is InChI=1S/C17H20O2/c1-2-3-14-4-6-16(7-5-14)13-19-17-10-8-15(12-18)9-11-17/h4-11,18H,2-3,12-13H2,1H3. The van der Waals surface area contributed by atoms with Crippen LogP contribution < -0.4 is 4.74 Å². The Morgan fingerprint density at radius 3 is 2.00 bits per heavy atom. The molecule has 0 heterocycles. The van der Waals surface area contributed by atoms with E-state index in [-0.39, 0.29) is 6.61 Å². The summed E-state index contributed by atoms with van der Waals surface area (Å²) >= 11 is 0. The molecule has 0 atom stereocenters. The van der Waals surface area contributed by atoms with E-state index in [0.717, 1.165) is 17.7 Å². The van der Waals surface area contributed by atoms with Crippen molar-refractivity contribution < 1.29 is 9.84 Å². The molecule has 2 aromatic carbocycles. The molecule has 0 bridgehead atoms. The van der Waals surface area contributed by atoms with Gasteiger partial charge in [0.2, 0.25) is 0 Å². The fourth-order valence-corrected chi connectivity index (χ4v) is 1.95. The van der Waals surface area contributed by atoms with Crippen LogP contribution in [0.15, 0.2) is 48.5 Å². The number of aliphatic hydroxyl groups is 1. The summed E-state index contributed by atoms with van der Waals surface area (Å²) in [5.74, 6) is 0.829. The zero-order valence-electron chi connectivity index (χ0n) is 11.3. The Morgan fingerprint density at radius 1 is 0.842 bits per heavy atom. The van der Waals surface area contributed by atoms with Crippen LogP contribution in [0.25, 0.3) is 0 Å². The van der Waals surface area contributed by atoms with Crippen molar-refractivity contribution in [3.05, 3.63) is 65.2 Å². The molecular formula is C17H20O2. The van der Waals surface area contributed by atoms with Crippen LogP contribution in [0.3, 0.4) is 0 Å². The topological polar surface area (TPSA) is 29.5 Å². The van der Waals surface area contributed by atoms with Crippen LogP contribution in [0.1, 0.15) is 30.0 Å². The zero-order valence-corrected chi connectivity index (χ0v) is 11.3. The van der Waals surface area contributed by atoms with Crippen molar-refractivity contribution in [1.29, 1.82) is 0 Å². The molecule has 2 heteroatoms. The number of aryl methyl sites for hydroxylation is 1. The number of ether oxygens (including phenoxy) is 1. The average Bonchev–Trinajstić information content (AvgIpc) is 2.47. The molecule has 1 N–H and O–H groups in total. The summed E-state index contributed by atoms with van der Waals surface area (Å²) in [4.78, 5) is 0. The molecular weight excluding hydrogens is 236 g/mol. The van der Waals surface area contributed by atoms with Gasteiger partial charge in [-0.25, -0.2) is 0 Å². The Balaban J connectivity index is 1.90. The molecule has 100 valence electrons. The van der Waals surface area contributed by atoms with E-state index in [1.807, 2.05) is 24.3 Å². The van der Waals surface area contributed by atoms with Crippen LogP contribution in [0, 0.1) is 0 Å². The highest BCUT2D eigenvalue weighted by molar-refractivity contribution is 5.28. The highest BCUT2D eigenvalue weighted by Crippen LogP contribution is 2.15. The van der Waals surface area contributed by atoms with Crippen molar-refractivity contribution in [1.82, 2.24) is 0 Å². The Kier molecular flexibility index (Phi) is 4.99. The van der Waals surface area contributed by atoms with E-state index >= 15 is 0 Å². The molecule has 0 saturated heterocycles. The van der Waals surface area contributed by atoms with Crippen molar-refractivity contribution in [3.63, 3.8) is 0 Å². The average molecular weight is 256 g/mol. The molecule has 0 aliphatic carbocycles. The molecule has 2 nitrogen and oxygen atoms in total. The molecule has 0 aromatic heterocycles. The highest BCUT2D eigenvalue weighted by atomic mass is 16.5. The molecule has 0 saturated carbocycles. The Bertz CT molecular complexity index is 486. The fraction of sp³-hybridized carbons (Fsp3) is 0.294. The third-order valence-electron chi connectivity index (χ3n) is 3.07. The molecule has 0 unspecified atom stereocenters. The molecule has 2 aromatic rings. The first-order valence-electron chi connectivity index (χ1n) is 6.72. The second-order valence-electron chi connectivity index (χ2n) is 4.66. The van der Waals surface area contributed by atoms with E-state index in [9.17, 15) is 0 Å². The maximum Gasteiger partial charge on any atom is 0.119 e. The molecule has 0 aliphatic rings. The first-order chi connectivity index (χ1) is 9.31. The van der Waals surface area contributed by atoms with Crippen molar-refractivity contribution in [2.75, 3.05) is 0 Å². The van der Waals surface area contributed by atoms with Gasteiger partial charge in [0, 0.05) is 0 Å². The third-order valence-corrected chi connectivity index (χ3v) is 3.07. The van der Waals surface area contributed by atoms with Gasteiger partial charge >= 0.3 is 0 Å². The van der Waals surface area contributed by atoms with Crippen LogP contribution in [-0.2, 0) is 19.6 Å². The van der Waals surface area contributed by atoms with Crippen LogP contribution in [0.4, 0.5) is 0 Å². The van der Waals surface area contributed by atoms with Gasteiger partial charge in [-0.05, 0) is 35.2 Å². The minimum Gasteiger partial charge on any atom is -0.489 e. The minimum atomic E-state index is 0.0686. The van der Waals surface area contributed by atoms with Crippen LogP contribution >= 0.6 is 0 Å². The predicted molar refractivity (Wildman–Crippen MR) is 77.1 cm³/mol. The summed E-state index contributed by atoms with van der Waals surface area (Å²) in [6.07, 6.45) is 2.30. The summed E-state index contributed by atoms with van der Waals surface area (Å²) < 4.78 is 5.71.